The van der Waals surface area contributed by atoms with Gasteiger partial charge in [-0.15, -0.1) is 0 Å². The second kappa shape index (κ2) is 5.22. The lowest BCUT2D eigenvalue weighted by Crippen LogP contribution is -2.19. The number of carbonyl (C=O) groups excluding carboxylic acids is 1. The molecule has 3 heteroatoms. The molecule has 1 atom stereocenters. The molecule has 1 rings (SSSR count). The first-order valence-corrected chi connectivity index (χ1v) is 5.12. The SMILES string of the molecule is CCC(CN)CC(=O)OCC1CC1. The molecule has 1 fully saturated rings. The standard InChI is InChI=1S/C10H19NO2/c1-2-8(6-11)5-10(12)13-7-9-3-4-9/h8-9H,2-7,11H2,1H3. The van der Waals surface area contributed by atoms with Crippen molar-refractivity contribution in [1.82, 2.24) is 0 Å². The number of nitrogens with two attached hydrogens (primary N) is 1. The third-order valence-electron chi connectivity index (χ3n) is 2.54. The highest BCUT2D eigenvalue weighted by molar-refractivity contribution is 5.69. The number of carbonyl (C=O) groups is 1. The molecule has 0 heterocycles. The number of hydrogen-bond donors (Lipinski definition) is 1. The van der Waals surface area contributed by atoms with Crippen LogP contribution in [0, 0.1) is 11.8 Å². The molecule has 0 amide bonds. The highest BCUT2D eigenvalue weighted by atomic mass is 16.5. The number of esters is 1. The second-order valence-electron chi connectivity index (χ2n) is 3.84. The summed E-state index contributed by atoms with van der Waals surface area (Å²) >= 11 is 0. The van der Waals surface area contributed by atoms with Crippen molar-refractivity contribution in [2.24, 2.45) is 17.6 Å². The largest absolute Gasteiger partial charge is 0.465 e. The predicted molar refractivity (Wildman–Crippen MR) is 51.1 cm³/mol. The van der Waals surface area contributed by atoms with Gasteiger partial charge in [0.15, 0.2) is 0 Å². The molecular formula is C10H19NO2. The molecule has 1 aliphatic carbocycles. The molecule has 76 valence electrons. The van der Waals surface area contributed by atoms with E-state index in [9.17, 15) is 4.79 Å². The summed E-state index contributed by atoms with van der Waals surface area (Å²) in [6, 6.07) is 0. The average molecular weight is 185 g/mol. The maximum absolute atomic E-state index is 11.2. The lowest BCUT2D eigenvalue weighted by Gasteiger charge is -2.10. The molecule has 2 N–H and O–H groups in total. The van der Waals surface area contributed by atoms with Crippen molar-refractivity contribution in [2.75, 3.05) is 13.2 Å². The van der Waals surface area contributed by atoms with Crippen LogP contribution in [-0.4, -0.2) is 19.1 Å². The predicted octanol–water partition coefficient (Wildman–Crippen LogP) is 1.31. The fourth-order valence-electron chi connectivity index (χ4n) is 1.18. The summed E-state index contributed by atoms with van der Waals surface area (Å²) in [6.45, 7) is 3.25. The summed E-state index contributed by atoms with van der Waals surface area (Å²) in [5.74, 6) is 0.873. The van der Waals surface area contributed by atoms with Crippen molar-refractivity contribution >= 4 is 5.97 Å². The van der Waals surface area contributed by atoms with Gasteiger partial charge >= 0.3 is 5.97 Å². The lowest BCUT2D eigenvalue weighted by molar-refractivity contribution is -0.145. The number of rotatable bonds is 6. The second-order valence-corrected chi connectivity index (χ2v) is 3.84. The van der Waals surface area contributed by atoms with E-state index < -0.39 is 0 Å². The molecule has 0 spiro atoms. The van der Waals surface area contributed by atoms with Gasteiger partial charge in [0.05, 0.1) is 6.61 Å². The van der Waals surface area contributed by atoms with Gasteiger partial charge in [0.25, 0.3) is 0 Å². The Labute approximate surface area is 79.6 Å². The van der Waals surface area contributed by atoms with Gasteiger partial charge in [-0.05, 0) is 31.2 Å². The van der Waals surface area contributed by atoms with Crippen molar-refractivity contribution in [1.29, 1.82) is 0 Å². The Bertz CT molecular complexity index is 162. The maximum atomic E-state index is 11.2. The summed E-state index contributed by atoms with van der Waals surface area (Å²) in [4.78, 5) is 11.2. The summed E-state index contributed by atoms with van der Waals surface area (Å²) in [7, 11) is 0. The van der Waals surface area contributed by atoms with E-state index in [0.717, 1.165) is 6.42 Å². The Hall–Kier alpha value is -0.570. The van der Waals surface area contributed by atoms with Crippen LogP contribution in [0.3, 0.4) is 0 Å². The smallest absolute Gasteiger partial charge is 0.306 e. The van der Waals surface area contributed by atoms with Crippen LogP contribution in [0.4, 0.5) is 0 Å². The molecule has 0 aliphatic heterocycles. The van der Waals surface area contributed by atoms with Crippen molar-refractivity contribution in [3.8, 4) is 0 Å². The van der Waals surface area contributed by atoms with E-state index in [-0.39, 0.29) is 5.97 Å². The van der Waals surface area contributed by atoms with Crippen LogP contribution in [0.2, 0.25) is 0 Å². The normalized spacial score (nSPS) is 18.3. The zero-order valence-electron chi connectivity index (χ0n) is 8.29. The quantitative estimate of drug-likeness (QED) is 0.635. The maximum Gasteiger partial charge on any atom is 0.306 e. The Morgan fingerprint density at radius 1 is 1.62 bits per heavy atom. The third kappa shape index (κ3) is 4.27. The van der Waals surface area contributed by atoms with Crippen LogP contribution >= 0.6 is 0 Å². The van der Waals surface area contributed by atoms with Gasteiger partial charge in [0, 0.05) is 6.42 Å². The molecule has 0 bridgehead atoms. The van der Waals surface area contributed by atoms with Crippen LogP contribution < -0.4 is 5.73 Å². The zero-order valence-corrected chi connectivity index (χ0v) is 8.29. The van der Waals surface area contributed by atoms with E-state index in [1.54, 1.807) is 0 Å². The monoisotopic (exact) mass is 185 g/mol. The molecule has 1 aliphatic rings. The minimum absolute atomic E-state index is 0.0794. The van der Waals surface area contributed by atoms with E-state index in [1.165, 1.54) is 12.8 Å². The van der Waals surface area contributed by atoms with Crippen LogP contribution in [0.1, 0.15) is 32.6 Å². The minimum atomic E-state index is -0.0794. The van der Waals surface area contributed by atoms with Crippen molar-refractivity contribution in [3.05, 3.63) is 0 Å². The molecule has 1 unspecified atom stereocenters. The average Bonchev–Trinajstić information content (AvgIpc) is 2.94. The van der Waals surface area contributed by atoms with Crippen LogP contribution in [0.5, 0.6) is 0 Å². The summed E-state index contributed by atoms with van der Waals surface area (Å²) in [5.41, 5.74) is 5.49. The fourth-order valence-corrected chi connectivity index (χ4v) is 1.18. The first-order chi connectivity index (χ1) is 6.26. The van der Waals surface area contributed by atoms with E-state index >= 15 is 0 Å². The Balaban J connectivity index is 2.07. The molecule has 1 saturated carbocycles. The number of hydrogen-bond acceptors (Lipinski definition) is 3. The Morgan fingerprint density at radius 2 is 2.31 bits per heavy atom. The fraction of sp³-hybridized carbons (Fsp3) is 0.900. The summed E-state index contributed by atoms with van der Waals surface area (Å²) in [5, 5.41) is 0. The zero-order chi connectivity index (χ0) is 9.68. The van der Waals surface area contributed by atoms with E-state index in [0.29, 0.717) is 31.4 Å². The highest BCUT2D eigenvalue weighted by Crippen LogP contribution is 2.29. The summed E-state index contributed by atoms with van der Waals surface area (Å²) in [6.07, 6.45) is 3.89. The van der Waals surface area contributed by atoms with E-state index in [4.69, 9.17) is 10.5 Å². The summed E-state index contributed by atoms with van der Waals surface area (Å²) < 4.78 is 5.11. The van der Waals surface area contributed by atoms with Gasteiger partial charge in [0.2, 0.25) is 0 Å². The first-order valence-electron chi connectivity index (χ1n) is 5.12. The van der Waals surface area contributed by atoms with Gasteiger partial charge in [-0.3, -0.25) is 4.79 Å². The molecule has 13 heavy (non-hydrogen) atoms. The molecule has 3 nitrogen and oxygen atoms in total. The van der Waals surface area contributed by atoms with E-state index in [2.05, 4.69) is 0 Å². The lowest BCUT2D eigenvalue weighted by atomic mass is 10.0. The van der Waals surface area contributed by atoms with Crippen LogP contribution in [0.25, 0.3) is 0 Å². The van der Waals surface area contributed by atoms with E-state index in [1.807, 2.05) is 6.92 Å². The van der Waals surface area contributed by atoms with Crippen molar-refractivity contribution in [3.63, 3.8) is 0 Å². The van der Waals surface area contributed by atoms with Crippen LogP contribution in [-0.2, 0) is 9.53 Å². The van der Waals surface area contributed by atoms with Gasteiger partial charge < -0.3 is 10.5 Å². The number of ether oxygens (including phenoxy) is 1. The Kier molecular flexibility index (Phi) is 4.22. The highest BCUT2D eigenvalue weighted by Gasteiger charge is 2.23. The van der Waals surface area contributed by atoms with Gasteiger partial charge in [-0.25, -0.2) is 0 Å². The molecule has 0 radical (unpaired) electrons. The first kappa shape index (κ1) is 10.5. The van der Waals surface area contributed by atoms with Crippen molar-refractivity contribution in [2.45, 2.75) is 32.6 Å². The molecule has 0 aromatic heterocycles. The third-order valence-corrected chi connectivity index (χ3v) is 2.54. The molecule has 0 aromatic carbocycles. The Morgan fingerprint density at radius 3 is 2.77 bits per heavy atom. The molecular weight excluding hydrogens is 166 g/mol. The van der Waals surface area contributed by atoms with Gasteiger partial charge in [-0.2, -0.15) is 0 Å². The molecule has 0 aromatic rings. The molecule has 0 saturated heterocycles. The van der Waals surface area contributed by atoms with Crippen molar-refractivity contribution < 1.29 is 9.53 Å². The van der Waals surface area contributed by atoms with Gasteiger partial charge in [0.1, 0.15) is 0 Å². The van der Waals surface area contributed by atoms with Gasteiger partial charge in [-0.1, -0.05) is 13.3 Å². The minimum Gasteiger partial charge on any atom is -0.465 e. The topological polar surface area (TPSA) is 52.3 Å². The van der Waals surface area contributed by atoms with Crippen LogP contribution in [0.15, 0.2) is 0 Å².